The Kier molecular flexibility index (Phi) is 51.0. The summed E-state index contributed by atoms with van der Waals surface area (Å²) in [6.07, 6.45) is 46.7. The van der Waals surface area contributed by atoms with E-state index in [-0.39, 0.29) is 70.5 Å². The third kappa shape index (κ3) is 52.5. The number of pyridine rings is 9. The zero-order valence-corrected chi connectivity index (χ0v) is 100. The van der Waals surface area contributed by atoms with Crippen LogP contribution < -0.4 is 17.0 Å². The van der Waals surface area contributed by atoms with Crippen LogP contribution in [0.25, 0.3) is 11.6 Å². The summed E-state index contributed by atoms with van der Waals surface area (Å²) in [6.45, 7) is 96.5. The largest absolute Gasteiger partial charge is 0.397 e. The van der Waals surface area contributed by atoms with Gasteiger partial charge in [0, 0.05) is 157 Å². The molecule has 0 saturated heterocycles. The lowest BCUT2D eigenvalue weighted by atomic mass is 9.84. The second kappa shape index (κ2) is 58.1. The molecule has 149 heavy (non-hydrogen) atoms. The van der Waals surface area contributed by atoms with Gasteiger partial charge in [0.1, 0.15) is 11.6 Å². The van der Waals surface area contributed by atoms with Gasteiger partial charge in [-0.25, -0.2) is 15.0 Å². The number of allylic oxidation sites excluding steroid dienone is 6. The number of nitrogens with two attached hydrogens (primary N) is 2. The molecule has 18 nitrogen and oxygen atoms in total. The van der Waals surface area contributed by atoms with E-state index in [1.165, 1.54) is 78.3 Å². The molecule has 0 amide bonds. The van der Waals surface area contributed by atoms with Crippen molar-refractivity contribution in [2.24, 2.45) is 26.2 Å². The first kappa shape index (κ1) is 131. The number of rotatable bonds is 1. The van der Waals surface area contributed by atoms with Crippen molar-refractivity contribution in [2.45, 2.75) is 390 Å². The van der Waals surface area contributed by atoms with Crippen molar-refractivity contribution in [1.29, 1.82) is 0 Å². The lowest BCUT2D eigenvalue weighted by Crippen LogP contribution is -2.15. The Morgan fingerprint density at radius 3 is 1.21 bits per heavy atom. The van der Waals surface area contributed by atoms with E-state index in [1.807, 2.05) is 130 Å². The average Bonchev–Trinajstić information content (AvgIpc) is 1.67. The number of nitrogens with zero attached hydrogens (tertiary/aromatic N) is 13. The third-order valence-electron chi connectivity index (χ3n) is 23.5. The third-order valence-corrected chi connectivity index (χ3v) is 23.5. The SMILES string of the molecule is CC(C)(C)C1=CCC=N1.CC(C)(C)C1=CCc2ncccc21.CC(C)(C)CC1=CCN=C1.CC(C)(C)c1cc[nH]c(=O)c1.CC(C)(C)c1ccccc1.CC(C)(C)c1ccccn1.CC(C)(C)c1cccnc1.CC(C)(C)c1ccnc(N)c1.CC(C)(C)c1ccnc2c1C=CC2.CC(C)(C)c1ccncc1N.CC(C)(C)c1cn[nH]c1.CC(C)(C)c1ncccn1.Cc1ccc(C(C)(C)C)cn1.Cc1ccc(C(C)(C)C)cn1. The van der Waals surface area contributed by atoms with Gasteiger partial charge in [0.15, 0.2) is 0 Å². The van der Waals surface area contributed by atoms with E-state index in [0.29, 0.717) is 16.6 Å². The van der Waals surface area contributed by atoms with Crippen molar-refractivity contribution < 1.29 is 0 Å². The Balaban J connectivity index is 0.000000413. The van der Waals surface area contributed by atoms with Gasteiger partial charge in [0.25, 0.3) is 0 Å². The number of aryl methyl sites for hydroxylation is 2. The number of H-pyrrole nitrogens is 2. The van der Waals surface area contributed by atoms with E-state index < -0.39 is 0 Å². The van der Waals surface area contributed by atoms with Crippen molar-refractivity contribution in [3.05, 3.63) is 374 Å². The van der Waals surface area contributed by atoms with Crippen LogP contribution in [0.2, 0.25) is 0 Å². The highest BCUT2D eigenvalue weighted by atomic mass is 16.1. The van der Waals surface area contributed by atoms with Gasteiger partial charge in [-0.2, -0.15) is 5.10 Å². The summed E-state index contributed by atoms with van der Waals surface area (Å²) in [6, 6.07) is 46.6. The highest BCUT2D eigenvalue weighted by Gasteiger charge is 2.27. The van der Waals surface area contributed by atoms with Crippen LogP contribution in [0.3, 0.4) is 0 Å². The van der Waals surface area contributed by atoms with E-state index in [0.717, 1.165) is 71.9 Å². The summed E-state index contributed by atoms with van der Waals surface area (Å²) in [4.78, 5) is 63.5. The van der Waals surface area contributed by atoms with Gasteiger partial charge in [0.2, 0.25) is 5.56 Å². The highest BCUT2D eigenvalue weighted by molar-refractivity contribution is 5.81. The Labute approximate surface area is 902 Å². The first-order valence-corrected chi connectivity index (χ1v) is 52.7. The zero-order chi connectivity index (χ0) is 113. The number of aromatic nitrogens is 13. The predicted molar refractivity (Wildman–Crippen MR) is 642 cm³/mol. The van der Waals surface area contributed by atoms with Crippen LogP contribution in [0.5, 0.6) is 0 Å². The molecule has 18 heteroatoms. The molecule has 1 aromatic carbocycles. The Bertz CT molecular complexity index is 5850. The monoisotopic (exact) mass is 2020 g/mol. The van der Waals surface area contributed by atoms with Crippen LogP contribution in [-0.4, -0.2) is 84.0 Å². The van der Waals surface area contributed by atoms with Crippen LogP contribution >= 0.6 is 0 Å². The standard InChI is InChI=1S/2C12H15N.2C10H15N.C10H14.2C9H14N2.C9H13NO.C9H15N.2C9H13N.C8H12N2.C8H13N.C7H12N2/c1-12(2,3)10-6-7-11-9(10)5-4-8-13-11;1-12(2,3)10-7-8-13-11-6-4-5-9(10)11;2*1-8-5-6-9(7-11-8)10(2,3)4;1-10(2,3)9-7-5-4-6-8-9;1-9(2,3)7-4-5-11-6-8(7)10;1-9(2,3)7-4-5-11-8(10)6-7;1-9(2,3)7-4-5-10-8(11)6-7;1-9(2,3)6-8-4-5-10-7-8;1-9(2,3)8-5-4-6-10-7-8;1-9(2,3)8-6-4-5-7-10-8;1-8(2,3)7-9-5-4-6-10-7;1-8(2,3)7-5-4-6-9-7;1-7(2,3)6-4-8-9-5-6/h4-6,8H,7H2,1-3H3;4-5,7-8H,6H2,1-3H3;2*5-7H,1-4H3;4-8H,1-3H3;4-6H,10H2,1-3H3;4-6H,1-3H3,(H2,10,11);4-6H,1-3H3,(H,10,11);4,7H,5-6H2,1-3H3;2*4-7H,1-3H3;4-6H,1-3H3;5-6H,4H2,1-3H3;4-5H,1-3H3,(H,8,9). The Hall–Kier alpha value is -12.4. The molecule has 0 fully saturated rings. The van der Waals surface area contributed by atoms with Crippen LogP contribution in [0.4, 0.5) is 11.5 Å². The van der Waals surface area contributed by atoms with E-state index in [1.54, 1.807) is 49.4 Å². The lowest BCUT2D eigenvalue weighted by Gasteiger charge is -2.21. The molecule has 16 rings (SSSR count). The smallest absolute Gasteiger partial charge is 0.248 e. The quantitative estimate of drug-likeness (QED) is 0.119. The molecular weight excluding hydrogens is 1830 g/mol. The minimum Gasteiger partial charge on any atom is -0.397 e. The first-order valence-electron chi connectivity index (χ1n) is 52.7. The molecule has 808 valence electrons. The normalized spacial score (nSPS) is 13.0. The second-order valence-electron chi connectivity index (χ2n) is 52.7. The molecule has 0 atom stereocenters. The number of anilines is 2. The number of nitrogens with one attached hydrogen (secondary N) is 2. The summed E-state index contributed by atoms with van der Waals surface area (Å²) < 4.78 is 0. The molecule has 11 aromatic heterocycles. The summed E-state index contributed by atoms with van der Waals surface area (Å²) >= 11 is 0. The predicted octanol–water partition coefficient (Wildman–Crippen LogP) is 33.0. The molecule has 12 aromatic rings. The van der Waals surface area contributed by atoms with Gasteiger partial charge < -0.3 is 16.5 Å². The molecule has 2 aliphatic carbocycles. The van der Waals surface area contributed by atoms with Crippen molar-refractivity contribution in [2.75, 3.05) is 18.0 Å². The number of aliphatic imine (C=N–C) groups is 2. The van der Waals surface area contributed by atoms with Crippen LogP contribution in [-0.2, 0) is 72.4 Å². The number of fused-ring (bicyclic) bond motifs is 2. The van der Waals surface area contributed by atoms with E-state index in [4.69, 9.17) is 11.5 Å². The number of benzene rings is 1. The minimum absolute atomic E-state index is 0.0302. The number of hydrogen-bond acceptors (Lipinski definition) is 16. The average molecular weight is 2020 g/mol. The van der Waals surface area contributed by atoms with Gasteiger partial charge in [-0.1, -0.05) is 382 Å². The van der Waals surface area contributed by atoms with Crippen molar-refractivity contribution in [3.63, 3.8) is 0 Å². The molecule has 6 N–H and O–H groups in total. The lowest BCUT2D eigenvalue weighted by molar-refractivity contribution is 0.416. The van der Waals surface area contributed by atoms with Gasteiger partial charge in [-0.3, -0.25) is 54.8 Å². The fourth-order valence-electron chi connectivity index (χ4n) is 14.3. The number of nitrogen functional groups attached to an aromatic ring is 2. The maximum atomic E-state index is 10.9. The Morgan fingerprint density at radius 2 is 0.852 bits per heavy atom. The van der Waals surface area contributed by atoms with E-state index >= 15 is 0 Å². The molecule has 0 saturated carbocycles. The van der Waals surface area contributed by atoms with Gasteiger partial charge in [-0.05, 0) is 225 Å². The number of hydrogen-bond donors (Lipinski definition) is 4. The maximum absolute atomic E-state index is 10.9. The van der Waals surface area contributed by atoms with Crippen LogP contribution in [0.1, 0.15) is 399 Å². The van der Waals surface area contributed by atoms with Crippen molar-refractivity contribution in [3.8, 4) is 0 Å². The molecular formula is C131H193N17O. The summed E-state index contributed by atoms with van der Waals surface area (Å²) in [5, 5.41) is 6.65. The van der Waals surface area contributed by atoms with Crippen LogP contribution in [0, 0.1) is 30.1 Å². The van der Waals surface area contributed by atoms with Crippen molar-refractivity contribution >= 4 is 35.6 Å². The van der Waals surface area contributed by atoms with Gasteiger partial charge in [0.05, 0.1) is 36.0 Å². The molecule has 0 unspecified atom stereocenters. The van der Waals surface area contributed by atoms with Crippen LogP contribution in [0.15, 0.2) is 283 Å². The van der Waals surface area contributed by atoms with Gasteiger partial charge in [-0.15, -0.1) is 0 Å². The van der Waals surface area contributed by atoms with Gasteiger partial charge >= 0.3 is 0 Å². The van der Waals surface area contributed by atoms with E-state index in [9.17, 15) is 4.79 Å². The minimum atomic E-state index is -0.0302. The topological polar surface area (TPSA) is 267 Å². The molecule has 0 spiro atoms. The summed E-state index contributed by atoms with van der Waals surface area (Å²) in [5.74, 6) is 1.49. The highest BCUT2D eigenvalue weighted by Crippen LogP contribution is 2.40. The summed E-state index contributed by atoms with van der Waals surface area (Å²) in [7, 11) is 0. The van der Waals surface area contributed by atoms with E-state index in [2.05, 4.69) is 475 Å². The number of aromatic amines is 2. The van der Waals surface area contributed by atoms with Crippen molar-refractivity contribution in [1.82, 2.24) is 65.0 Å². The fraction of sp³-hybridized carbons (Fsp3) is 0.481. The zero-order valence-electron chi connectivity index (χ0n) is 100. The first-order chi connectivity index (χ1) is 68.4. The molecule has 2 aliphatic heterocycles. The molecule has 0 bridgehead atoms. The molecule has 0 radical (unpaired) electrons. The molecule has 13 heterocycles. The Morgan fingerprint density at radius 1 is 0.356 bits per heavy atom. The fourth-order valence-corrected chi connectivity index (χ4v) is 14.3. The maximum Gasteiger partial charge on any atom is 0.248 e. The summed E-state index contributed by atoms with van der Waals surface area (Å²) in [5.41, 5.74) is 38.9. The second-order valence-corrected chi connectivity index (χ2v) is 52.7. The molecule has 4 aliphatic rings.